The van der Waals surface area contributed by atoms with Gasteiger partial charge in [0.05, 0.1) is 19.1 Å². The number of nitrogens with one attached hydrogen (secondary N) is 1. The zero-order valence-corrected chi connectivity index (χ0v) is 16.8. The van der Waals surface area contributed by atoms with Gasteiger partial charge in [-0.15, -0.1) is 0 Å². The Labute approximate surface area is 171 Å². The van der Waals surface area contributed by atoms with Gasteiger partial charge in [0.2, 0.25) is 5.91 Å². The minimum Gasteiger partial charge on any atom is -0.492 e. The van der Waals surface area contributed by atoms with E-state index in [0.717, 1.165) is 24.4 Å². The largest absolute Gasteiger partial charge is 0.492 e. The van der Waals surface area contributed by atoms with Gasteiger partial charge < -0.3 is 14.6 Å². The molecule has 150 valence electrons. The van der Waals surface area contributed by atoms with E-state index in [9.17, 15) is 4.79 Å². The third-order valence-corrected chi connectivity index (χ3v) is 5.28. The average Bonchev–Trinajstić information content (AvgIpc) is 3.20. The molecule has 0 saturated carbocycles. The molecule has 2 heterocycles. The molecule has 1 atom stereocenters. The number of ether oxygens (including phenoxy) is 1. The van der Waals surface area contributed by atoms with Gasteiger partial charge in [-0.1, -0.05) is 42.5 Å². The van der Waals surface area contributed by atoms with Gasteiger partial charge in [0, 0.05) is 25.0 Å². The van der Waals surface area contributed by atoms with Crippen LogP contribution in [0.5, 0.6) is 5.75 Å². The van der Waals surface area contributed by atoms with E-state index in [4.69, 9.17) is 4.74 Å². The third kappa shape index (κ3) is 4.69. The predicted molar refractivity (Wildman–Crippen MR) is 114 cm³/mol. The molecule has 2 aromatic carbocycles. The second kappa shape index (κ2) is 8.97. The summed E-state index contributed by atoms with van der Waals surface area (Å²) in [7, 11) is 0. The van der Waals surface area contributed by atoms with Crippen LogP contribution in [-0.4, -0.2) is 41.6 Å². The maximum absolute atomic E-state index is 12.6. The maximum Gasteiger partial charge on any atom is 0.234 e. The first-order valence-electron chi connectivity index (χ1n) is 10.1. The number of carbonyl (C=O) groups is 1. The molecule has 5 nitrogen and oxygen atoms in total. The highest BCUT2D eigenvalue weighted by Crippen LogP contribution is 2.31. The molecule has 1 aromatic heterocycles. The van der Waals surface area contributed by atoms with E-state index in [2.05, 4.69) is 57.4 Å². The van der Waals surface area contributed by atoms with Gasteiger partial charge in [-0.25, -0.2) is 0 Å². The summed E-state index contributed by atoms with van der Waals surface area (Å²) in [5.41, 5.74) is 3.61. The Kier molecular flexibility index (Phi) is 5.96. The Bertz CT molecular complexity index is 952. The zero-order valence-electron chi connectivity index (χ0n) is 16.8. The van der Waals surface area contributed by atoms with Crippen molar-refractivity contribution in [2.24, 2.45) is 0 Å². The van der Waals surface area contributed by atoms with E-state index in [1.807, 2.05) is 37.3 Å². The molecule has 0 saturated heterocycles. The molecular weight excluding hydrogens is 362 g/mol. The minimum atomic E-state index is 0.0266. The molecule has 5 heteroatoms. The lowest BCUT2D eigenvalue weighted by molar-refractivity contribution is -0.123. The van der Waals surface area contributed by atoms with Gasteiger partial charge in [0.25, 0.3) is 0 Å². The van der Waals surface area contributed by atoms with Crippen LogP contribution >= 0.6 is 0 Å². The van der Waals surface area contributed by atoms with Crippen LogP contribution in [0.25, 0.3) is 0 Å². The Balaban J connectivity index is 1.34. The molecule has 29 heavy (non-hydrogen) atoms. The minimum absolute atomic E-state index is 0.0266. The van der Waals surface area contributed by atoms with Crippen molar-refractivity contribution in [3.63, 3.8) is 0 Å². The predicted octanol–water partition coefficient (Wildman–Crippen LogP) is 3.40. The van der Waals surface area contributed by atoms with Crippen LogP contribution in [0, 0.1) is 6.92 Å². The van der Waals surface area contributed by atoms with Crippen LogP contribution in [0.2, 0.25) is 0 Å². The lowest BCUT2D eigenvalue weighted by Crippen LogP contribution is -2.45. The molecule has 1 aliphatic rings. The van der Waals surface area contributed by atoms with Crippen molar-refractivity contribution >= 4 is 5.91 Å². The van der Waals surface area contributed by atoms with Crippen molar-refractivity contribution in [1.29, 1.82) is 0 Å². The number of carbonyl (C=O) groups excluding carboxylic acids is 1. The molecule has 0 bridgehead atoms. The van der Waals surface area contributed by atoms with E-state index in [0.29, 0.717) is 19.7 Å². The van der Waals surface area contributed by atoms with Gasteiger partial charge >= 0.3 is 0 Å². The first-order chi connectivity index (χ1) is 14.2. The van der Waals surface area contributed by atoms with Gasteiger partial charge in [-0.2, -0.15) is 0 Å². The van der Waals surface area contributed by atoms with Crippen molar-refractivity contribution in [3.05, 3.63) is 89.7 Å². The highest BCUT2D eigenvalue weighted by molar-refractivity contribution is 5.78. The number of benzene rings is 2. The number of aromatic nitrogens is 1. The standard InChI is InChI=1S/C24H27N3O2/c1-19-7-5-10-21(17-19)29-16-12-25-23(28)18-27-15-14-26-13-6-11-22(26)24(27)20-8-3-2-4-9-20/h2-11,13,17,24H,12,14-16,18H2,1H3,(H,25,28). The number of amides is 1. The molecule has 4 rings (SSSR count). The van der Waals surface area contributed by atoms with Crippen LogP contribution < -0.4 is 10.1 Å². The quantitative estimate of drug-likeness (QED) is 0.630. The summed E-state index contributed by atoms with van der Waals surface area (Å²) in [5.74, 6) is 0.860. The van der Waals surface area contributed by atoms with Crippen molar-refractivity contribution < 1.29 is 9.53 Å². The van der Waals surface area contributed by atoms with E-state index in [-0.39, 0.29) is 11.9 Å². The Morgan fingerprint density at radius 3 is 2.76 bits per heavy atom. The fourth-order valence-corrected chi connectivity index (χ4v) is 3.92. The molecule has 1 aliphatic heterocycles. The second-order valence-corrected chi connectivity index (χ2v) is 7.43. The molecule has 1 amide bonds. The monoisotopic (exact) mass is 389 g/mol. The number of hydrogen-bond donors (Lipinski definition) is 1. The molecule has 0 spiro atoms. The molecular formula is C24H27N3O2. The Hall–Kier alpha value is -3.05. The number of aryl methyl sites for hydroxylation is 1. The lowest BCUT2D eigenvalue weighted by Gasteiger charge is -2.36. The Morgan fingerprint density at radius 2 is 1.93 bits per heavy atom. The van der Waals surface area contributed by atoms with E-state index >= 15 is 0 Å². The molecule has 0 fully saturated rings. The van der Waals surface area contributed by atoms with Gasteiger partial charge in [-0.3, -0.25) is 9.69 Å². The highest BCUT2D eigenvalue weighted by Gasteiger charge is 2.29. The molecule has 1 unspecified atom stereocenters. The van der Waals surface area contributed by atoms with Crippen LogP contribution in [0.3, 0.4) is 0 Å². The van der Waals surface area contributed by atoms with E-state index in [1.165, 1.54) is 11.3 Å². The van der Waals surface area contributed by atoms with Crippen LogP contribution in [0.15, 0.2) is 72.9 Å². The van der Waals surface area contributed by atoms with Crippen molar-refractivity contribution in [2.75, 3.05) is 26.2 Å². The fourth-order valence-electron chi connectivity index (χ4n) is 3.92. The number of hydrogen-bond acceptors (Lipinski definition) is 3. The highest BCUT2D eigenvalue weighted by atomic mass is 16.5. The third-order valence-electron chi connectivity index (χ3n) is 5.28. The smallest absolute Gasteiger partial charge is 0.234 e. The summed E-state index contributed by atoms with van der Waals surface area (Å²) in [5, 5.41) is 2.99. The molecule has 0 aliphatic carbocycles. The average molecular weight is 389 g/mol. The molecule has 3 aromatic rings. The summed E-state index contributed by atoms with van der Waals surface area (Å²) in [6.07, 6.45) is 2.12. The van der Waals surface area contributed by atoms with E-state index < -0.39 is 0 Å². The van der Waals surface area contributed by atoms with Crippen LogP contribution in [0.1, 0.15) is 22.9 Å². The normalized spacial score (nSPS) is 16.2. The molecule has 1 N–H and O–H groups in total. The maximum atomic E-state index is 12.6. The van der Waals surface area contributed by atoms with Gasteiger partial charge in [0.15, 0.2) is 0 Å². The lowest BCUT2D eigenvalue weighted by atomic mass is 10.00. The summed E-state index contributed by atoms with van der Waals surface area (Å²) in [4.78, 5) is 14.8. The van der Waals surface area contributed by atoms with Crippen LogP contribution in [0.4, 0.5) is 0 Å². The first-order valence-corrected chi connectivity index (χ1v) is 10.1. The SMILES string of the molecule is Cc1cccc(OCCNC(=O)CN2CCn3cccc3C2c2ccccc2)c1. The number of rotatable bonds is 7. The number of fused-ring (bicyclic) bond motifs is 1. The zero-order chi connectivity index (χ0) is 20.1. The topological polar surface area (TPSA) is 46.5 Å². The first kappa shape index (κ1) is 19.3. The Morgan fingerprint density at radius 1 is 1.07 bits per heavy atom. The van der Waals surface area contributed by atoms with Crippen molar-refractivity contribution in [3.8, 4) is 5.75 Å². The summed E-state index contributed by atoms with van der Waals surface area (Å²) in [6, 6.07) is 22.7. The van der Waals surface area contributed by atoms with Crippen molar-refractivity contribution in [1.82, 2.24) is 14.8 Å². The number of nitrogens with zero attached hydrogens (tertiary/aromatic N) is 2. The fraction of sp³-hybridized carbons (Fsp3) is 0.292. The second-order valence-electron chi connectivity index (χ2n) is 7.43. The van der Waals surface area contributed by atoms with E-state index in [1.54, 1.807) is 0 Å². The van der Waals surface area contributed by atoms with Crippen molar-refractivity contribution in [2.45, 2.75) is 19.5 Å². The van der Waals surface area contributed by atoms with Crippen LogP contribution in [-0.2, 0) is 11.3 Å². The summed E-state index contributed by atoms with van der Waals surface area (Å²) < 4.78 is 8.00. The van der Waals surface area contributed by atoms with Gasteiger partial charge in [-0.05, 0) is 42.3 Å². The summed E-state index contributed by atoms with van der Waals surface area (Å²) in [6.45, 7) is 5.10. The van der Waals surface area contributed by atoms with Gasteiger partial charge in [0.1, 0.15) is 12.4 Å². The summed E-state index contributed by atoms with van der Waals surface area (Å²) >= 11 is 0. The molecule has 0 radical (unpaired) electrons.